The molecule has 0 fully saturated rings. The lowest BCUT2D eigenvalue weighted by atomic mass is 10.1. The van der Waals surface area contributed by atoms with Gasteiger partial charge in [-0.15, -0.1) is 0 Å². The standard InChI is InChI=1S/C15H18N4O3/c1-19-14(11-6-3-2-4-7-11)12(10-17-19)18-15(22)16-9-5-8-13(20)21/h2-4,6-7,10H,5,8-9H2,1H3,(H,20,21)(H2,16,18,22). The van der Waals surface area contributed by atoms with Crippen LogP contribution in [-0.4, -0.2) is 33.4 Å². The fourth-order valence-electron chi connectivity index (χ4n) is 2.08. The maximum absolute atomic E-state index is 11.8. The Kier molecular flexibility index (Phi) is 5.13. The summed E-state index contributed by atoms with van der Waals surface area (Å²) in [5.41, 5.74) is 2.36. The second-order valence-corrected chi connectivity index (χ2v) is 4.77. The van der Waals surface area contributed by atoms with Crippen LogP contribution in [0.4, 0.5) is 10.5 Å². The molecule has 2 amide bonds. The molecular weight excluding hydrogens is 284 g/mol. The predicted molar refractivity (Wildman–Crippen MR) is 82.5 cm³/mol. The second kappa shape index (κ2) is 7.26. The number of carboxylic acid groups (broad SMARTS) is 1. The van der Waals surface area contributed by atoms with Gasteiger partial charge in [0.05, 0.1) is 17.6 Å². The summed E-state index contributed by atoms with van der Waals surface area (Å²) < 4.78 is 1.69. The third kappa shape index (κ3) is 4.08. The molecule has 7 nitrogen and oxygen atoms in total. The summed E-state index contributed by atoms with van der Waals surface area (Å²) in [6, 6.07) is 9.24. The monoisotopic (exact) mass is 302 g/mol. The lowest BCUT2D eigenvalue weighted by Gasteiger charge is -2.09. The van der Waals surface area contributed by atoms with E-state index in [9.17, 15) is 9.59 Å². The number of carboxylic acids is 1. The van der Waals surface area contributed by atoms with Gasteiger partial charge in [0.15, 0.2) is 0 Å². The third-order valence-corrected chi connectivity index (χ3v) is 3.09. The smallest absolute Gasteiger partial charge is 0.319 e. The van der Waals surface area contributed by atoms with Crippen LogP contribution in [0.3, 0.4) is 0 Å². The highest BCUT2D eigenvalue weighted by Crippen LogP contribution is 2.26. The van der Waals surface area contributed by atoms with Gasteiger partial charge in [-0.3, -0.25) is 9.48 Å². The first kappa shape index (κ1) is 15.6. The fraction of sp³-hybridized carbons (Fsp3) is 0.267. The van der Waals surface area contributed by atoms with Crippen molar-refractivity contribution < 1.29 is 14.7 Å². The molecule has 0 saturated heterocycles. The van der Waals surface area contributed by atoms with Crippen molar-refractivity contribution in [1.82, 2.24) is 15.1 Å². The molecular formula is C15H18N4O3. The first-order valence-corrected chi connectivity index (χ1v) is 6.92. The minimum absolute atomic E-state index is 0.0302. The summed E-state index contributed by atoms with van der Waals surface area (Å²) >= 11 is 0. The van der Waals surface area contributed by atoms with Gasteiger partial charge >= 0.3 is 12.0 Å². The van der Waals surface area contributed by atoms with Gasteiger partial charge in [-0.25, -0.2) is 4.79 Å². The molecule has 0 atom stereocenters. The van der Waals surface area contributed by atoms with Gasteiger partial charge in [0, 0.05) is 25.6 Å². The number of aliphatic carboxylic acids is 1. The van der Waals surface area contributed by atoms with Gasteiger partial charge in [0.25, 0.3) is 0 Å². The Labute approximate surface area is 128 Å². The Morgan fingerprint density at radius 2 is 2.00 bits per heavy atom. The molecule has 0 spiro atoms. The molecule has 2 aromatic rings. The number of aryl methyl sites for hydroxylation is 1. The highest BCUT2D eigenvalue weighted by atomic mass is 16.4. The van der Waals surface area contributed by atoms with Crippen LogP contribution >= 0.6 is 0 Å². The van der Waals surface area contributed by atoms with Crippen LogP contribution in [0, 0.1) is 0 Å². The average molecular weight is 302 g/mol. The maximum Gasteiger partial charge on any atom is 0.319 e. The zero-order valence-corrected chi connectivity index (χ0v) is 12.2. The predicted octanol–water partition coefficient (Wildman–Crippen LogP) is 2.07. The van der Waals surface area contributed by atoms with E-state index in [0.717, 1.165) is 11.3 Å². The largest absolute Gasteiger partial charge is 0.481 e. The molecule has 2 rings (SSSR count). The van der Waals surface area contributed by atoms with Crippen LogP contribution in [0.5, 0.6) is 0 Å². The summed E-state index contributed by atoms with van der Waals surface area (Å²) in [7, 11) is 1.80. The van der Waals surface area contributed by atoms with Crippen molar-refractivity contribution in [3.63, 3.8) is 0 Å². The Morgan fingerprint density at radius 1 is 1.27 bits per heavy atom. The van der Waals surface area contributed by atoms with Crippen LogP contribution in [0.25, 0.3) is 11.3 Å². The summed E-state index contributed by atoms with van der Waals surface area (Å²) in [6.45, 7) is 0.305. The number of anilines is 1. The number of carbonyl (C=O) groups excluding carboxylic acids is 1. The van der Waals surface area contributed by atoms with Gasteiger partial charge in [-0.2, -0.15) is 5.10 Å². The zero-order valence-electron chi connectivity index (χ0n) is 12.2. The summed E-state index contributed by atoms with van der Waals surface area (Å²) in [5, 5.41) is 18.1. The van der Waals surface area contributed by atoms with Gasteiger partial charge < -0.3 is 15.7 Å². The molecule has 0 saturated carbocycles. The van der Waals surface area contributed by atoms with E-state index >= 15 is 0 Å². The quantitative estimate of drug-likeness (QED) is 0.712. The molecule has 116 valence electrons. The van der Waals surface area contributed by atoms with Crippen molar-refractivity contribution >= 4 is 17.7 Å². The van der Waals surface area contributed by atoms with Gasteiger partial charge in [-0.1, -0.05) is 30.3 Å². The van der Waals surface area contributed by atoms with Crippen LogP contribution in [0.1, 0.15) is 12.8 Å². The van der Waals surface area contributed by atoms with E-state index in [2.05, 4.69) is 15.7 Å². The number of hydrogen-bond donors (Lipinski definition) is 3. The molecule has 0 aliphatic rings. The lowest BCUT2D eigenvalue weighted by Crippen LogP contribution is -2.29. The lowest BCUT2D eigenvalue weighted by molar-refractivity contribution is -0.137. The Balaban J connectivity index is 1.99. The third-order valence-electron chi connectivity index (χ3n) is 3.09. The topological polar surface area (TPSA) is 96.3 Å². The first-order valence-electron chi connectivity index (χ1n) is 6.92. The number of hydrogen-bond acceptors (Lipinski definition) is 3. The number of aromatic nitrogens is 2. The van der Waals surface area contributed by atoms with Crippen molar-refractivity contribution in [3.8, 4) is 11.3 Å². The molecule has 0 radical (unpaired) electrons. The number of rotatable bonds is 6. The summed E-state index contributed by atoms with van der Waals surface area (Å²) in [6.07, 6.45) is 2.00. The van der Waals surface area contributed by atoms with Gasteiger partial charge in [0.1, 0.15) is 0 Å². The Bertz CT molecular complexity index is 652. The number of nitrogens with zero attached hydrogens (tertiary/aromatic N) is 2. The van der Waals surface area contributed by atoms with Crippen molar-refractivity contribution in [3.05, 3.63) is 36.5 Å². The zero-order chi connectivity index (χ0) is 15.9. The highest BCUT2D eigenvalue weighted by molar-refractivity contribution is 5.93. The number of nitrogens with one attached hydrogen (secondary N) is 2. The molecule has 1 aromatic heterocycles. The minimum Gasteiger partial charge on any atom is -0.481 e. The molecule has 0 bridgehead atoms. The maximum atomic E-state index is 11.8. The van der Waals surface area contributed by atoms with Crippen LogP contribution in [0.15, 0.2) is 36.5 Å². The van der Waals surface area contributed by atoms with Crippen molar-refractivity contribution in [2.24, 2.45) is 7.05 Å². The van der Waals surface area contributed by atoms with Gasteiger partial charge in [-0.05, 0) is 6.42 Å². The Hall–Kier alpha value is -2.83. The molecule has 1 heterocycles. The van der Waals surface area contributed by atoms with Crippen LogP contribution in [-0.2, 0) is 11.8 Å². The number of benzene rings is 1. The molecule has 0 aliphatic carbocycles. The molecule has 22 heavy (non-hydrogen) atoms. The van der Waals surface area contributed by atoms with E-state index < -0.39 is 5.97 Å². The van der Waals surface area contributed by atoms with E-state index in [4.69, 9.17) is 5.11 Å². The number of carbonyl (C=O) groups is 2. The van der Waals surface area contributed by atoms with E-state index in [1.807, 2.05) is 30.3 Å². The van der Waals surface area contributed by atoms with E-state index in [1.54, 1.807) is 17.9 Å². The first-order chi connectivity index (χ1) is 10.6. The van der Waals surface area contributed by atoms with Gasteiger partial charge in [0.2, 0.25) is 0 Å². The normalized spacial score (nSPS) is 10.2. The summed E-state index contributed by atoms with van der Waals surface area (Å²) in [5.74, 6) is -0.874. The SMILES string of the molecule is Cn1ncc(NC(=O)NCCCC(=O)O)c1-c1ccccc1. The van der Waals surface area contributed by atoms with E-state index in [1.165, 1.54) is 0 Å². The number of urea groups is 1. The molecule has 1 aromatic carbocycles. The second-order valence-electron chi connectivity index (χ2n) is 4.77. The van der Waals surface area contributed by atoms with Crippen molar-refractivity contribution in [2.75, 3.05) is 11.9 Å². The number of amides is 2. The van der Waals surface area contributed by atoms with E-state index in [0.29, 0.717) is 18.7 Å². The Morgan fingerprint density at radius 3 is 2.68 bits per heavy atom. The molecule has 0 unspecified atom stereocenters. The fourth-order valence-corrected chi connectivity index (χ4v) is 2.08. The van der Waals surface area contributed by atoms with Crippen LogP contribution in [0.2, 0.25) is 0 Å². The van der Waals surface area contributed by atoms with Crippen molar-refractivity contribution in [1.29, 1.82) is 0 Å². The summed E-state index contributed by atoms with van der Waals surface area (Å²) in [4.78, 5) is 22.2. The van der Waals surface area contributed by atoms with Crippen LogP contribution < -0.4 is 10.6 Å². The molecule has 0 aliphatic heterocycles. The molecule has 7 heteroatoms. The minimum atomic E-state index is -0.874. The average Bonchev–Trinajstić information content (AvgIpc) is 2.85. The van der Waals surface area contributed by atoms with Crippen molar-refractivity contribution in [2.45, 2.75) is 12.8 Å². The highest BCUT2D eigenvalue weighted by Gasteiger charge is 2.13. The van der Waals surface area contributed by atoms with E-state index in [-0.39, 0.29) is 12.5 Å². The molecule has 3 N–H and O–H groups in total.